The van der Waals surface area contributed by atoms with Gasteiger partial charge in [-0.25, -0.2) is 4.39 Å². The molecule has 0 aliphatic carbocycles. The lowest BCUT2D eigenvalue weighted by molar-refractivity contribution is -0.238. The smallest absolute Gasteiger partial charge is 0.129 e. The van der Waals surface area contributed by atoms with Crippen molar-refractivity contribution in [2.45, 2.75) is 90.6 Å². The highest BCUT2D eigenvalue weighted by Crippen LogP contribution is 2.40. The van der Waals surface area contributed by atoms with Gasteiger partial charge in [0.15, 0.2) is 0 Å². The van der Waals surface area contributed by atoms with Crippen molar-refractivity contribution in [3.8, 4) is 6.07 Å². The Balaban J connectivity index is 2.35. The third-order valence-electron chi connectivity index (χ3n) is 6.02. The number of rotatable bonds is 14. The minimum absolute atomic E-state index is 0.0265. The van der Waals surface area contributed by atoms with Crippen molar-refractivity contribution in [2.75, 3.05) is 26.4 Å². The fraction of sp³-hybridized carbons (Fsp3) is 0.731. The van der Waals surface area contributed by atoms with Crippen LogP contribution in [0.3, 0.4) is 0 Å². The third kappa shape index (κ3) is 7.52. The summed E-state index contributed by atoms with van der Waals surface area (Å²) in [7, 11) is 0. The van der Waals surface area contributed by atoms with E-state index in [0.717, 1.165) is 38.5 Å². The third-order valence-corrected chi connectivity index (χ3v) is 6.02. The summed E-state index contributed by atoms with van der Waals surface area (Å²) in [4.78, 5) is 0. The Bertz CT molecular complexity index is 708. The maximum Gasteiger partial charge on any atom is 0.129 e. The molecular formula is C26H40FNO4. The van der Waals surface area contributed by atoms with E-state index in [0.29, 0.717) is 37.6 Å². The van der Waals surface area contributed by atoms with Gasteiger partial charge in [0.25, 0.3) is 0 Å². The molecule has 1 saturated heterocycles. The molecule has 0 N–H and O–H groups in total. The van der Waals surface area contributed by atoms with Gasteiger partial charge in [-0.05, 0) is 37.5 Å². The summed E-state index contributed by atoms with van der Waals surface area (Å²) in [5.41, 5.74) is 0.746. The molecule has 1 aliphatic rings. The van der Waals surface area contributed by atoms with Crippen molar-refractivity contribution in [2.24, 2.45) is 5.92 Å². The second kappa shape index (κ2) is 14.6. The molecule has 0 aromatic heterocycles. The first-order chi connectivity index (χ1) is 15.6. The van der Waals surface area contributed by atoms with Gasteiger partial charge < -0.3 is 18.9 Å². The summed E-state index contributed by atoms with van der Waals surface area (Å²) in [6, 6.07) is 6.49. The molecule has 1 aliphatic heterocycles. The Kier molecular flexibility index (Phi) is 12.2. The lowest BCUT2D eigenvalue weighted by Crippen LogP contribution is -2.53. The van der Waals surface area contributed by atoms with E-state index in [9.17, 15) is 9.65 Å². The summed E-state index contributed by atoms with van der Waals surface area (Å²) in [6.07, 6.45) is 4.32. The van der Waals surface area contributed by atoms with Gasteiger partial charge in [-0.15, -0.1) is 0 Å². The van der Waals surface area contributed by atoms with Crippen LogP contribution in [0.1, 0.15) is 83.5 Å². The highest BCUT2D eigenvalue weighted by molar-refractivity contribution is 5.35. The second-order valence-corrected chi connectivity index (χ2v) is 8.61. The number of halogens is 1. The molecule has 1 aromatic carbocycles. The molecule has 0 spiro atoms. The van der Waals surface area contributed by atoms with E-state index in [-0.39, 0.29) is 18.1 Å². The van der Waals surface area contributed by atoms with Crippen LogP contribution in [0.5, 0.6) is 0 Å². The summed E-state index contributed by atoms with van der Waals surface area (Å²) >= 11 is 0. The van der Waals surface area contributed by atoms with E-state index in [2.05, 4.69) is 33.8 Å². The molecule has 0 radical (unpaired) electrons. The molecule has 5 atom stereocenters. The number of unbranched alkanes of at least 4 members (excludes halogenated alkanes) is 3. The molecular weight excluding hydrogens is 409 g/mol. The zero-order valence-electron chi connectivity index (χ0n) is 20.1. The van der Waals surface area contributed by atoms with Crippen molar-refractivity contribution in [3.63, 3.8) is 0 Å². The molecule has 0 amide bonds. The van der Waals surface area contributed by atoms with Crippen molar-refractivity contribution >= 4 is 0 Å². The SMILES string of the molecule is CCCCOC[C@H]1OC(c2cc(C#N)ccc2F)[C@H](OCCCC)[C@@H](OCCCC)[C@@H]1C. The van der Waals surface area contributed by atoms with Crippen LogP contribution in [0, 0.1) is 23.1 Å². The van der Waals surface area contributed by atoms with Crippen LogP contribution in [0.4, 0.5) is 4.39 Å². The molecule has 1 unspecified atom stereocenters. The zero-order chi connectivity index (χ0) is 23.3. The molecule has 0 saturated carbocycles. The van der Waals surface area contributed by atoms with E-state index >= 15 is 0 Å². The number of benzene rings is 1. The van der Waals surface area contributed by atoms with Crippen molar-refractivity contribution in [1.29, 1.82) is 5.26 Å². The fourth-order valence-corrected chi connectivity index (χ4v) is 3.95. The van der Waals surface area contributed by atoms with Gasteiger partial charge in [0.05, 0.1) is 30.4 Å². The molecule has 6 heteroatoms. The lowest BCUT2D eigenvalue weighted by Gasteiger charge is -2.46. The average Bonchev–Trinajstić information content (AvgIpc) is 2.80. The minimum Gasteiger partial charge on any atom is -0.379 e. The minimum atomic E-state index is -0.664. The number of hydrogen-bond acceptors (Lipinski definition) is 5. The largest absolute Gasteiger partial charge is 0.379 e. The van der Waals surface area contributed by atoms with Gasteiger partial charge in [0.2, 0.25) is 0 Å². The van der Waals surface area contributed by atoms with Gasteiger partial charge in [0, 0.05) is 31.3 Å². The maximum absolute atomic E-state index is 14.9. The number of hydrogen-bond donors (Lipinski definition) is 0. The second-order valence-electron chi connectivity index (χ2n) is 8.61. The fourth-order valence-electron chi connectivity index (χ4n) is 3.95. The summed E-state index contributed by atoms with van der Waals surface area (Å²) in [5.74, 6) is -0.371. The van der Waals surface area contributed by atoms with Crippen LogP contribution in [-0.2, 0) is 18.9 Å². The standard InChI is InChI=1S/C26H40FNO4/c1-5-8-13-29-18-23-19(4)24(30-14-9-6-2)26(31-15-10-7-3)25(32-23)21-16-20(17-28)11-12-22(21)27/h11-12,16,19,23-26H,5-10,13-15,18H2,1-4H3/t19-,23-,24+,25?,26-/m1/s1. The molecule has 1 aromatic rings. The Morgan fingerprint density at radius 2 is 1.59 bits per heavy atom. The normalized spacial score (nSPS) is 25.6. The molecule has 180 valence electrons. The summed E-state index contributed by atoms with van der Waals surface area (Å²) < 4.78 is 39.9. The highest BCUT2D eigenvalue weighted by Gasteiger charge is 2.46. The van der Waals surface area contributed by atoms with Crippen molar-refractivity contribution in [3.05, 3.63) is 35.1 Å². The number of ether oxygens (including phenoxy) is 4. The lowest BCUT2D eigenvalue weighted by atomic mass is 9.85. The molecule has 5 nitrogen and oxygen atoms in total. The van der Waals surface area contributed by atoms with Crippen LogP contribution < -0.4 is 0 Å². The van der Waals surface area contributed by atoms with Crippen molar-refractivity contribution < 1.29 is 23.3 Å². The van der Waals surface area contributed by atoms with Crippen molar-refractivity contribution in [1.82, 2.24) is 0 Å². The first-order valence-corrected chi connectivity index (χ1v) is 12.2. The van der Waals surface area contributed by atoms with E-state index < -0.39 is 18.0 Å². The van der Waals surface area contributed by atoms with E-state index in [1.165, 1.54) is 12.1 Å². The summed E-state index contributed by atoms with van der Waals surface area (Å²) in [5, 5.41) is 9.36. The predicted molar refractivity (Wildman–Crippen MR) is 123 cm³/mol. The monoisotopic (exact) mass is 449 g/mol. The van der Waals surface area contributed by atoms with Crippen LogP contribution in [0.25, 0.3) is 0 Å². The van der Waals surface area contributed by atoms with Gasteiger partial charge in [0.1, 0.15) is 18.0 Å². The predicted octanol–water partition coefficient (Wildman–Crippen LogP) is 5.96. The Hall–Kier alpha value is -1.52. The Labute approximate surface area is 193 Å². The molecule has 1 heterocycles. The molecule has 0 bridgehead atoms. The van der Waals surface area contributed by atoms with E-state index in [1.54, 1.807) is 6.07 Å². The zero-order valence-corrected chi connectivity index (χ0v) is 20.1. The Morgan fingerprint density at radius 3 is 2.22 bits per heavy atom. The summed E-state index contributed by atoms with van der Waals surface area (Å²) in [6.45, 7) is 10.7. The van der Waals surface area contributed by atoms with Crippen LogP contribution in [0.2, 0.25) is 0 Å². The van der Waals surface area contributed by atoms with Gasteiger partial charge in [-0.3, -0.25) is 0 Å². The first-order valence-electron chi connectivity index (χ1n) is 12.2. The van der Waals surface area contributed by atoms with E-state index in [1.807, 2.05) is 0 Å². The number of nitriles is 1. The van der Waals surface area contributed by atoms with Gasteiger partial charge in [-0.1, -0.05) is 47.0 Å². The van der Waals surface area contributed by atoms with Gasteiger partial charge in [-0.2, -0.15) is 5.26 Å². The Morgan fingerprint density at radius 1 is 0.969 bits per heavy atom. The maximum atomic E-state index is 14.9. The van der Waals surface area contributed by atoms with Gasteiger partial charge >= 0.3 is 0 Å². The van der Waals surface area contributed by atoms with Crippen LogP contribution in [0.15, 0.2) is 18.2 Å². The topological polar surface area (TPSA) is 60.7 Å². The molecule has 1 fully saturated rings. The quantitative estimate of drug-likeness (QED) is 0.328. The number of nitrogens with zero attached hydrogens (tertiary/aromatic N) is 1. The molecule has 2 rings (SSSR count). The highest BCUT2D eigenvalue weighted by atomic mass is 19.1. The van der Waals surface area contributed by atoms with Crippen LogP contribution in [-0.4, -0.2) is 44.7 Å². The average molecular weight is 450 g/mol. The first kappa shape index (κ1) is 26.7. The van der Waals surface area contributed by atoms with Crippen LogP contribution >= 0.6 is 0 Å². The van der Waals surface area contributed by atoms with E-state index in [4.69, 9.17) is 18.9 Å². The molecule has 32 heavy (non-hydrogen) atoms.